The van der Waals surface area contributed by atoms with Gasteiger partial charge in [0.25, 0.3) is 0 Å². The molecular weight excluding hydrogens is 369 g/mol. The average molecular weight is 389 g/mol. The van der Waals surface area contributed by atoms with Gasteiger partial charge >= 0.3 is 0 Å². The number of rotatable bonds is 6. The van der Waals surface area contributed by atoms with Crippen LogP contribution >= 0.6 is 0 Å². The Kier molecular flexibility index (Phi) is 5.24. The fourth-order valence-corrected chi connectivity index (χ4v) is 3.16. The summed E-state index contributed by atoms with van der Waals surface area (Å²) in [7, 11) is 0. The van der Waals surface area contributed by atoms with E-state index in [1.54, 1.807) is 16.7 Å². The minimum absolute atomic E-state index is 0.00135. The highest BCUT2D eigenvalue weighted by molar-refractivity contribution is 5.91. The van der Waals surface area contributed by atoms with Gasteiger partial charge in [0.05, 0.1) is 16.7 Å². The van der Waals surface area contributed by atoms with Gasteiger partial charge in [-0.3, -0.25) is 4.79 Å². The highest BCUT2D eigenvalue weighted by atomic mass is 19.1. The first-order valence-electron chi connectivity index (χ1n) is 9.28. The topological polar surface area (TPSA) is 56.2 Å². The molecule has 0 bridgehead atoms. The second-order valence-corrected chi connectivity index (χ2v) is 6.74. The van der Waals surface area contributed by atoms with Gasteiger partial charge in [-0.25, -0.2) is 9.37 Å². The van der Waals surface area contributed by atoms with Crippen molar-refractivity contribution in [2.24, 2.45) is 0 Å². The quantitative estimate of drug-likeness (QED) is 0.520. The average Bonchev–Trinajstić information content (AvgIpc) is 3.06. The number of carbonyl (C=O) groups is 1. The van der Waals surface area contributed by atoms with E-state index in [9.17, 15) is 9.18 Å². The highest BCUT2D eigenvalue weighted by Gasteiger charge is 2.15. The lowest BCUT2D eigenvalue weighted by atomic mass is 10.2. The largest absolute Gasteiger partial charge is 0.486 e. The number of para-hydroxylation sites is 3. The second kappa shape index (κ2) is 8.14. The lowest BCUT2D eigenvalue weighted by Crippen LogP contribution is -2.21. The van der Waals surface area contributed by atoms with Crippen LogP contribution in [-0.2, 0) is 17.9 Å². The molecule has 4 rings (SSSR count). The van der Waals surface area contributed by atoms with Crippen LogP contribution in [0.3, 0.4) is 0 Å². The molecule has 0 unspecified atom stereocenters. The van der Waals surface area contributed by atoms with Crippen LogP contribution in [0.15, 0.2) is 72.8 Å². The zero-order valence-corrected chi connectivity index (χ0v) is 15.9. The van der Waals surface area contributed by atoms with Crippen LogP contribution in [0.25, 0.3) is 11.0 Å². The van der Waals surface area contributed by atoms with Crippen molar-refractivity contribution in [2.75, 3.05) is 5.32 Å². The Hall–Kier alpha value is -3.67. The summed E-state index contributed by atoms with van der Waals surface area (Å²) in [5.74, 6) is 0.546. The Morgan fingerprint density at radius 3 is 2.69 bits per heavy atom. The second-order valence-electron chi connectivity index (χ2n) is 6.74. The summed E-state index contributed by atoms with van der Waals surface area (Å²) in [6.45, 7) is 2.21. The fraction of sp³-hybridized carbons (Fsp3) is 0.130. The van der Waals surface area contributed by atoms with Gasteiger partial charge in [0.15, 0.2) is 0 Å². The monoisotopic (exact) mass is 389 g/mol. The van der Waals surface area contributed by atoms with E-state index in [4.69, 9.17) is 4.74 Å². The summed E-state index contributed by atoms with van der Waals surface area (Å²) < 4.78 is 21.5. The molecule has 5 nitrogen and oxygen atoms in total. The number of nitrogens with one attached hydrogen (secondary N) is 1. The van der Waals surface area contributed by atoms with Gasteiger partial charge in [0.1, 0.15) is 30.5 Å². The normalized spacial score (nSPS) is 10.8. The minimum Gasteiger partial charge on any atom is -0.486 e. The van der Waals surface area contributed by atoms with Crippen molar-refractivity contribution in [3.8, 4) is 5.75 Å². The number of anilines is 1. The molecule has 0 saturated carbocycles. The number of hydrogen-bond donors (Lipinski definition) is 1. The molecule has 6 heteroatoms. The molecule has 1 amide bonds. The molecule has 0 atom stereocenters. The Labute approximate surface area is 167 Å². The molecule has 4 aromatic rings. The summed E-state index contributed by atoms with van der Waals surface area (Å²) in [6, 6.07) is 21.4. The number of ether oxygens (including phenoxy) is 1. The number of hydrogen-bond acceptors (Lipinski definition) is 3. The molecule has 1 aromatic heterocycles. The van der Waals surface area contributed by atoms with Gasteiger partial charge < -0.3 is 14.6 Å². The van der Waals surface area contributed by atoms with E-state index in [0.29, 0.717) is 5.82 Å². The first-order chi connectivity index (χ1) is 14.1. The Bertz CT molecular complexity index is 1170. The number of imidazole rings is 1. The maximum Gasteiger partial charge on any atom is 0.244 e. The maximum atomic E-state index is 13.8. The third-order valence-electron chi connectivity index (χ3n) is 4.54. The fourth-order valence-electron chi connectivity index (χ4n) is 3.16. The third-order valence-corrected chi connectivity index (χ3v) is 4.54. The lowest BCUT2D eigenvalue weighted by molar-refractivity contribution is -0.116. The van der Waals surface area contributed by atoms with Crippen LogP contribution in [0.2, 0.25) is 0 Å². The number of carbonyl (C=O) groups excluding carboxylic acids is 1. The van der Waals surface area contributed by atoms with Gasteiger partial charge in [-0.2, -0.15) is 0 Å². The molecule has 1 N–H and O–H groups in total. The van der Waals surface area contributed by atoms with Crippen molar-refractivity contribution in [2.45, 2.75) is 20.1 Å². The zero-order chi connectivity index (χ0) is 20.2. The first-order valence-corrected chi connectivity index (χ1v) is 9.28. The van der Waals surface area contributed by atoms with E-state index >= 15 is 0 Å². The number of halogens is 1. The van der Waals surface area contributed by atoms with Crippen molar-refractivity contribution in [1.82, 2.24) is 9.55 Å². The van der Waals surface area contributed by atoms with Crippen LogP contribution in [0.4, 0.5) is 10.1 Å². The molecule has 3 aromatic carbocycles. The van der Waals surface area contributed by atoms with E-state index in [0.717, 1.165) is 22.3 Å². The van der Waals surface area contributed by atoms with Crippen molar-refractivity contribution in [3.05, 3.63) is 90.0 Å². The third kappa shape index (κ3) is 4.27. The summed E-state index contributed by atoms with van der Waals surface area (Å²) in [4.78, 5) is 17.2. The smallest absolute Gasteiger partial charge is 0.244 e. The summed E-state index contributed by atoms with van der Waals surface area (Å²) in [5.41, 5.74) is 2.84. The number of aromatic nitrogens is 2. The number of amides is 1. The van der Waals surface area contributed by atoms with Gasteiger partial charge in [0.2, 0.25) is 5.91 Å². The number of benzene rings is 3. The Balaban J connectivity index is 1.58. The molecule has 0 aliphatic rings. The van der Waals surface area contributed by atoms with E-state index in [2.05, 4.69) is 10.3 Å². The van der Waals surface area contributed by atoms with Gasteiger partial charge in [0, 0.05) is 0 Å². The number of aryl methyl sites for hydroxylation is 1. The van der Waals surface area contributed by atoms with E-state index in [1.807, 2.05) is 55.5 Å². The first kappa shape index (κ1) is 18.7. The molecule has 0 spiro atoms. The van der Waals surface area contributed by atoms with Crippen molar-refractivity contribution < 1.29 is 13.9 Å². The van der Waals surface area contributed by atoms with Crippen LogP contribution in [-0.4, -0.2) is 15.5 Å². The van der Waals surface area contributed by atoms with Gasteiger partial charge in [-0.05, 0) is 48.9 Å². The summed E-state index contributed by atoms with van der Waals surface area (Å²) in [5, 5.41) is 2.62. The minimum atomic E-state index is -0.473. The van der Waals surface area contributed by atoms with E-state index in [1.165, 1.54) is 12.1 Å². The van der Waals surface area contributed by atoms with Gasteiger partial charge in [-0.15, -0.1) is 0 Å². The molecular formula is C23H20FN3O2. The lowest BCUT2D eigenvalue weighted by Gasteiger charge is -2.11. The van der Waals surface area contributed by atoms with Crippen molar-refractivity contribution in [1.29, 1.82) is 0 Å². The summed E-state index contributed by atoms with van der Waals surface area (Å²) in [6.07, 6.45) is 0. The molecule has 1 heterocycles. The van der Waals surface area contributed by atoms with Crippen molar-refractivity contribution in [3.63, 3.8) is 0 Å². The number of nitrogens with zero attached hydrogens (tertiary/aromatic N) is 2. The van der Waals surface area contributed by atoms with E-state index < -0.39 is 5.82 Å². The van der Waals surface area contributed by atoms with Crippen molar-refractivity contribution >= 4 is 22.6 Å². The van der Waals surface area contributed by atoms with Gasteiger partial charge in [-0.1, -0.05) is 36.4 Å². The zero-order valence-electron chi connectivity index (χ0n) is 15.9. The van der Waals surface area contributed by atoms with E-state index in [-0.39, 0.29) is 24.7 Å². The molecule has 0 aliphatic heterocycles. The Morgan fingerprint density at radius 1 is 1.07 bits per heavy atom. The molecule has 0 aliphatic carbocycles. The molecule has 0 saturated heterocycles. The SMILES string of the molecule is Cc1cccc(OCc2nc3ccccc3n2CC(=O)Nc2ccccc2F)c1. The van der Waals surface area contributed by atoms with Crippen LogP contribution in [0.1, 0.15) is 11.4 Å². The molecule has 29 heavy (non-hydrogen) atoms. The molecule has 0 radical (unpaired) electrons. The van der Waals surface area contributed by atoms with Crippen LogP contribution in [0, 0.1) is 12.7 Å². The Morgan fingerprint density at radius 2 is 1.86 bits per heavy atom. The predicted octanol–water partition coefficient (Wildman–Crippen LogP) is 4.70. The van der Waals surface area contributed by atoms with Crippen LogP contribution in [0.5, 0.6) is 5.75 Å². The highest BCUT2D eigenvalue weighted by Crippen LogP contribution is 2.20. The summed E-state index contributed by atoms with van der Waals surface area (Å²) >= 11 is 0. The molecule has 146 valence electrons. The maximum absolute atomic E-state index is 13.8. The molecule has 0 fully saturated rings. The standard InChI is InChI=1S/C23H20FN3O2/c1-16-7-6-8-17(13-16)29-15-22-25-20-11-4-5-12-21(20)27(22)14-23(28)26-19-10-3-2-9-18(19)24/h2-13H,14-15H2,1H3,(H,26,28). The number of fused-ring (bicyclic) bond motifs is 1. The van der Waals surface area contributed by atoms with Crippen LogP contribution < -0.4 is 10.1 Å². The predicted molar refractivity (Wildman–Crippen MR) is 110 cm³/mol.